The molecule has 0 fully saturated rings. The molecule has 2 heterocycles. The summed E-state index contributed by atoms with van der Waals surface area (Å²) in [6.07, 6.45) is 1.05. The molecule has 2 aromatic rings. The van der Waals surface area contributed by atoms with Crippen molar-refractivity contribution in [2.24, 2.45) is 0 Å². The first-order valence-corrected chi connectivity index (χ1v) is 7.14. The smallest absolute Gasteiger partial charge is 0.110 e. The molecule has 0 amide bonds. The fourth-order valence-corrected chi connectivity index (χ4v) is 3.00. The Morgan fingerprint density at radius 2 is 2.31 bits per heavy atom. The lowest BCUT2D eigenvalue weighted by Crippen LogP contribution is -2.20. The van der Waals surface area contributed by atoms with E-state index in [1.807, 2.05) is 12.4 Å². The molecule has 0 aliphatic rings. The second kappa shape index (κ2) is 5.52. The van der Waals surface area contributed by atoms with Crippen LogP contribution >= 0.6 is 22.7 Å². The van der Waals surface area contributed by atoms with Crippen LogP contribution in [0.25, 0.3) is 0 Å². The van der Waals surface area contributed by atoms with Gasteiger partial charge in [0.05, 0.1) is 17.2 Å². The van der Waals surface area contributed by atoms with Gasteiger partial charge in [-0.05, 0) is 13.3 Å². The van der Waals surface area contributed by atoms with Crippen LogP contribution in [0.2, 0.25) is 0 Å². The Morgan fingerprint density at radius 3 is 2.88 bits per heavy atom. The summed E-state index contributed by atoms with van der Waals surface area (Å²) in [7, 11) is 0. The number of aromatic nitrogens is 2. The van der Waals surface area contributed by atoms with Crippen molar-refractivity contribution in [1.29, 1.82) is 0 Å². The minimum atomic E-state index is 0.348. The van der Waals surface area contributed by atoms with Crippen LogP contribution in [0.3, 0.4) is 0 Å². The fraction of sp³-hybridized carbons (Fsp3) is 0.455. The molecule has 1 unspecified atom stereocenters. The topological polar surface area (TPSA) is 37.8 Å². The molecular formula is C11H15N3S2. The number of nitrogens with one attached hydrogen (secondary N) is 1. The molecule has 0 spiro atoms. The van der Waals surface area contributed by atoms with Crippen molar-refractivity contribution in [3.05, 3.63) is 32.7 Å². The molecule has 5 heteroatoms. The quantitative estimate of drug-likeness (QED) is 0.889. The molecule has 0 aromatic carbocycles. The highest BCUT2D eigenvalue weighted by atomic mass is 32.1. The summed E-state index contributed by atoms with van der Waals surface area (Å²) in [6.45, 7) is 5.03. The van der Waals surface area contributed by atoms with Gasteiger partial charge in [-0.3, -0.25) is 0 Å². The number of hydrogen-bond donors (Lipinski definition) is 1. The molecule has 0 bridgehead atoms. The molecule has 86 valence electrons. The third kappa shape index (κ3) is 2.87. The van der Waals surface area contributed by atoms with Crippen molar-refractivity contribution in [3.8, 4) is 0 Å². The van der Waals surface area contributed by atoms with Crippen LogP contribution < -0.4 is 5.32 Å². The molecule has 3 nitrogen and oxygen atoms in total. The van der Waals surface area contributed by atoms with Crippen LogP contribution in [0.5, 0.6) is 0 Å². The van der Waals surface area contributed by atoms with Crippen LogP contribution in [-0.2, 0) is 6.54 Å². The maximum atomic E-state index is 4.52. The molecule has 2 rings (SSSR count). The van der Waals surface area contributed by atoms with Crippen LogP contribution in [-0.4, -0.2) is 9.97 Å². The third-order valence-corrected chi connectivity index (χ3v) is 4.07. The number of rotatable bonds is 5. The molecule has 1 atom stereocenters. The summed E-state index contributed by atoms with van der Waals surface area (Å²) in [5.41, 5.74) is 4.08. The third-order valence-electron chi connectivity index (χ3n) is 2.36. The van der Waals surface area contributed by atoms with Gasteiger partial charge in [0.15, 0.2) is 0 Å². The van der Waals surface area contributed by atoms with Gasteiger partial charge in [0.1, 0.15) is 5.01 Å². The Morgan fingerprint density at radius 1 is 1.44 bits per heavy atom. The van der Waals surface area contributed by atoms with Crippen LogP contribution in [0.4, 0.5) is 0 Å². The number of hydrogen-bond acceptors (Lipinski definition) is 5. The zero-order valence-electron chi connectivity index (χ0n) is 9.43. The van der Waals surface area contributed by atoms with Gasteiger partial charge in [0.2, 0.25) is 0 Å². The predicted molar refractivity (Wildman–Crippen MR) is 68.8 cm³/mol. The van der Waals surface area contributed by atoms with Gasteiger partial charge in [-0.25, -0.2) is 9.97 Å². The van der Waals surface area contributed by atoms with Gasteiger partial charge in [-0.1, -0.05) is 6.92 Å². The Kier molecular flexibility index (Phi) is 4.04. The fourth-order valence-electron chi connectivity index (χ4n) is 1.49. The Hall–Kier alpha value is -0.780. The molecule has 1 N–H and O–H groups in total. The first-order chi connectivity index (χ1) is 7.79. The molecule has 0 saturated heterocycles. The first-order valence-electron chi connectivity index (χ1n) is 5.32. The van der Waals surface area contributed by atoms with E-state index in [1.54, 1.807) is 22.7 Å². The minimum Gasteiger partial charge on any atom is -0.302 e. The van der Waals surface area contributed by atoms with Gasteiger partial charge in [0, 0.05) is 23.0 Å². The first kappa shape index (κ1) is 11.7. The standard InChI is InChI=1S/C11H15N3S2/c1-3-10(11-14-8(2)5-16-11)12-4-9-6-15-7-13-9/h5-7,10,12H,3-4H2,1-2H3. The van der Waals surface area contributed by atoms with Gasteiger partial charge in [-0.15, -0.1) is 22.7 Å². The zero-order valence-corrected chi connectivity index (χ0v) is 11.1. The number of aryl methyl sites for hydroxylation is 1. The molecule has 0 aliphatic carbocycles. The van der Waals surface area contributed by atoms with Crippen LogP contribution in [0.1, 0.15) is 35.8 Å². The second-order valence-electron chi connectivity index (χ2n) is 3.65. The van der Waals surface area contributed by atoms with Crippen molar-refractivity contribution in [2.45, 2.75) is 32.9 Å². The summed E-state index contributed by atoms with van der Waals surface area (Å²) in [5.74, 6) is 0. The van der Waals surface area contributed by atoms with Crippen molar-refractivity contribution in [3.63, 3.8) is 0 Å². The molecule has 2 aromatic heterocycles. The lowest BCUT2D eigenvalue weighted by Gasteiger charge is -2.13. The molecular weight excluding hydrogens is 238 g/mol. The van der Waals surface area contributed by atoms with Crippen molar-refractivity contribution < 1.29 is 0 Å². The average Bonchev–Trinajstić information content (AvgIpc) is 2.91. The monoisotopic (exact) mass is 253 g/mol. The lowest BCUT2D eigenvalue weighted by atomic mass is 10.2. The largest absolute Gasteiger partial charge is 0.302 e. The van der Waals surface area contributed by atoms with E-state index in [2.05, 4.69) is 33.0 Å². The Balaban J connectivity index is 1.96. The van der Waals surface area contributed by atoms with Gasteiger partial charge in [0.25, 0.3) is 0 Å². The van der Waals surface area contributed by atoms with Gasteiger partial charge in [-0.2, -0.15) is 0 Å². The summed E-state index contributed by atoms with van der Waals surface area (Å²) < 4.78 is 0. The van der Waals surface area contributed by atoms with Gasteiger partial charge >= 0.3 is 0 Å². The highest BCUT2D eigenvalue weighted by Gasteiger charge is 2.12. The van der Waals surface area contributed by atoms with E-state index in [1.165, 1.54) is 5.01 Å². The number of thiazole rings is 2. The molecule has 0 radical (unpaired) electrons. The normalized spacial score (nSPS) is 12.9. The van der Waals surface area contributed by atoms with Crippen molar-refractivity contribution >= 4 is 22.7 Å². The SMILES string of the molecule is CCC(NCc1cscn1)c1nc(C)cs1. The highest BCUT2D eigenvalue weighted by molar-refractivity contribution is 7.09. The maximum absolute atomic E-state index is 4.52. The van der Waals surface area contributed by atoms with Crippen molar-refractivity contribution in [1.82, 2.24) is 15.3 Å². The van der Waals surface area contributed by atoms with Crippen molar-refractivity contribution in [2.75, 3.05) is 0 Å². The van der Waals surface area contributed by atoms with Crippen LogP contribution in [0.15, 0.2) is 16.3 Å². The summed E-state index contributed by atoms with van der Waals surface area (Å²) in [4.78, 5) is 8.78. The average molecular weight is 253 g/mol. The number of nitrogens with zero attached hydrogens (tertiary/aromatic N) is 2. The summed E-state index contributed by atoms with van der Waals surface area (Å²) in [6, 6.07) is 0.348. The van der Waals surface area contributed by atoms with E-state index >= 15 is 0 Å². The zero-order chi connectivity index (χ0) is 11.4. The van der Waals surface area contributed by atoms with E-state index in [9.17, 15) is 0 Å². The Labute approximate surface area is 104 Å². The lowest BCUT2D eigenvalue weighted by molar-refractivity contribution is 0.512. The second-order valence-corrected chi connectivity index (χ2v) is 5.26. The summed E-state index contributed by atoms with van der Waals surface area (Å²) >= 11 is 3.36. The van der Waals surface area contributed by atoms with E-state index in [0.29, 0.717) is 6.04 Å². The van der Waals surface area contributed by atoms with Gasteiger partial charge < -0.3 is 5.32 Å². The van der Waals surface area contributed by atoms with Crippen LogP contribution in [0, 0.1) is 6.92 Å². The van der Waals surface area contributed by atoms with E-state index < -0.39 is 0 Å². The molecule has 0 aliphatic heterocycles. The summed E-state index contributed by atoms with van der Waals surface area (Å²) in [5, 5.41) is 8.85. The predicted octanol–water partition coefficient (Wildman–Crippen LogP) is 3.15. The maximum Gasteiger partial charge on any atom is 0.110 e. The Bertz CT molecular complexity index is 422. The molecule has 16 heavy (non-hydrogen) atoms. The highest BCUT2D eigenvalue weighted by Crippen LogP contribution is 2.21. The minimum absolute atomic E-state index is 0.348. The van der Waals surface area contributed by atoms with E-state index in [-0.39, 0.29) is 0 Å². The molecule has 0 saturated carbocycles. The van der Waals surface area contributed by atoms with E-state index in [0.717, 1.165) is 24.4 Å². The van der Waals surface area contributed by atoms with E-state index in [4.69, 9.17) is 0 Å².